The highest BCUT2D eigenvalue weighted by Gasteiger charge is 2.69. The summed E-state index contributed by atoms with van der Waals surface area (Å²) in [4.78, 5) is 0. The van der Waals surface area contributed by atoms with Crippen molar-refractivity contribution < 1.29 is 5.11 Å². The van der Waals surface area contributed by atoms with Gasteiger partial charge in [0.15, 0.2) is 0 Å². The van der Waals surface area contributed by atoms with Crippen LogP contribution in [0.5, 0.6) is 0 Å². The van der Waals surface area contributed by atoms with Crippen LogP contribution >= 0.6 is 0 Å². The molecule has 1 aliphatic carbocycles. The van der Waals surface area contributed by atoms with E-state index in [1.54, 1.807) is 0 Å². The molecule has 3 atom stereocenters. The van der Waals surface area contributed by atoms with Crippen molar-refractivity contribution in [2.24, 2.45) is 22.2 Å². The lowest BCUT2D eigenvalue weighted by Crippen LogP contribution is -2.69. The Morgan fingerprint density at radius 1 is 0.889 bits per heavy atom. The Hall–Kier alpha value is 0.0249. The molecule has 0 aromatic rings. The molecule has 3 unspecified atom stereocenters. The maximum absolute atomic E-state index is 11.3. The van der Waals surface area contributed by atoms with E-state index in [4.69, 9.17) is 0 Å². The average molecular weight is 252 g/mol. The molecule has 1 fully saturated rings. The van der Waals surface area contributed by atoms with E-state index >= 15 is 0 Å². The molecule has 0 heterocycles. The normalized spacial score (nSPS) is 45.8. The maximum atomic E-state index is 11.3. The van der Waals surface area contributed by atoms with E-state index in [0.717, 1.165) is 6.42 Å². The molecule has 0 spiro atoms. The zero-order valence-electron chi connectivity index (χ0n) is 14.2. The van der Waals surface area contributed by atoms with Crippen LogP contribution in [0.3, 0.4) is 0 Å². The Bertz CT molecular complexity index is 307. The minimum absolute atomic E-state index is 0.0681. The molecule has 0 amide bonds. The van der Waals surface area contributed by atoms with Crippen LogP contribution in [-0.4, -0.2) is 18.6 Å². The summed E-state index contributed by atoms with van der Waals surface area (Å²) in [5, 5.41) is 11.2. The molecule has 0 aliphatic heterocycles. The number of rotatable bonds is 1. The summed E-state index contributed by atoms with van der Waals surface area (Å²) in [6.07, 6.45) is 1.03. The molecule has 18 heavy (non-hydrogen) atoms. The smallest absolute Gasteiger partial charge is 0.113 e. The summed E-state index contributed by atoms with van der Waals surface area (Å²) in [6.45, 7) is 20.6. The quantitative estimate of drug-likeness (QED) is 0.706. The molecule has 106 valence electrons. The van der Waals surface area contributed by atoms with E-state index in [9.17, 15) is 5.11 Å². The molecule has 0 aromatic carbocycles. The molecule has 1 rings (SSSR count). The average Bonchev–Trinajstić information content (AvgIpc) is 2.15. The van der Waals surface area contributed by atoms with Crippen molar-refractivity contribution in [3.8, 4) is 0 Å². The largest absolute Gasteiger partial charge is 0.390 e. The topological polar surface area (TPSA) is 20.2 Å². The van der Waals surface area contributed by atoms with Crippen molar-refractivity contribution in [3.63, 3.8) is 0 Å². The van der Waals surface area contributed by atoms with Gasteiger partial charge in [-0.15, -0.1) is 0 Å². The van der Waals surface area contributed by atoms with Crippen LogP contribution in [0.4, 0.5) is 0 Å². The first kappa shape index (κ1) is 16.1. The molecule has 1 N–H and O–H groups in total. The van der Waals surface area contributed by atoms with Crippen molar-refractivity contribution in [2.75, 3.05) is 0 Å². The molecule has 0 bridgehead atoms. The molecule has 0 saturated heterocycles. The van der Waals surface area contributed by atoms with Crippen LogP contribution in [0.25, 0.3) is 0 Å². The first-order chi connectivity index (χ1) is 7.69. The lowest BCUT2D eigenvalue weighted by molar-refractivity contribution is -0.232. The Morgan fingerprint density at radius 3 is 1.61 bits per heavy atom. The highest BCUT2D eigenvalue weighted by Crippen LogP contribution is 2.73. The van der Waals surface area contributed by atoms with Gasteiger partial charge >= 0.3 is 0 Å². The monoisotopic (exact) mass is 252 g/mol. The first-order valence-corrected chi connectivity index (χ1v) is 7.42. The fourth-order valence-electron chi connectivity index (χ4n) is 4.70. The molecular weight excluding hydrogens is 219 g/mol. The predicted octanol–water partition coefficient (Wildman–Crippen LogP) is 3.67. The van der Waals surface area contributed by atoms with Crippen LogP contribution in [0.2, 0.25) is 5.31 Å². The second-order valence-corrected chi connectivity index (χ2v) is 8.71. The second kappa shape index (κ2) is 3.78. The number of hydrogen-bond donors (Lipinski definition) is 1. The molecule has 1 aliphatic rings. The van der Waals surface area contributed by atoms with Crippen molar-refractivity contribution >= 4 is 7.85 Å². The van der Waals surface area contributed by atoms with Crippen LogP contribution in [0.15, 0.2) is 0 Å². The number of aliphatic hydroxyl groups is 1. The Balaban J connectivity index is 3.59. The highest BCUT2D eigenvalue weighted by molar-refractivity contribution is 6.16. The van der Waals surface area contributed by atoms with Gasteiger partial charge in [0.05, 0.1) is 5.60 Å². The van der Waals surface area contributed by atoms with Gasteiger partial charge in [0, 0.05) is 0 Å². The molecule has 1 saturated carbocycles. The molecular formula is C16H33BO. The third kappa shape index (κ3) is 1.45. The number of hydrogen-bond acceptors (Lipinski definition) is 1. The van der Waals surface area contributed by atoms with E-state index in [1.807, 2.05) is 0 Å². The van der Waals surface area contributed by atoms with Gasteiger partial charge in [0.1, 0.15) is 7.85 Å². The molecule has 0 radical (unpaired) electrons. The Morgan fingerprint density at radius 2 is 1.28 bits per heavy atom. The third-order valence-corrected chi connectivity index (χ3v) is 7.96. The predicted molar refractivity (Wildman–Crippen MR) is 82.7 cm³/mol. The SMILES string of the molecule is BC1(C)C(C)(O)C(CC)C(C)(C)C(C)(C)C1(C)C. The minimum atomic E-state index is -0.635. The van der Waals surface area contributed by atoms with Gasteiger partial charge < -0.3 is 5.11 Å². The minimum Gasteiger partial charge on any atom is -0.390 e. The zero-order valence-corrected chi connectivity index (χ0v) is 14.2. The standard InChI is InChI=1S/C16H33BO/c1-10-11-12(2,3)13(4,5)14(6,7)16(9,17)15(11,8)18/h11,18H,10,17H2,1-9H3. The highest BCUT2D eigenvalue weighted by atomic mass is 16.3. The van der Waals surface area contributed by atoms with Gasteiger partial charge in [-0.05, 0) is 34.4 Å². The zero-order chi connectivity index (χ0) is 14.8. The van der Waals surface area contributed by atoms with E-state index in [1.165, 1.54) is 0 Å². The van der Waals surface area contributed by atoms with Crippen LogP contribution in [0.1, 0.15) is 68.7 Å². The van der Waals surface area contributed by atoms with Gasteiger partial charge in [0.2, 0.25) is 0 Å². The maximum Gasteiger partial charge on any atom is 0.113 e. The van der Waals surface area contributed by atoms with Gasteiger partial charge in [-0.3, -0.25) is 0 Å². The first-order valence-electron chi connectivity index (χ1n) is 7.42. The van der Waals surface area contributed by atoms with Crippen molar-refractivity contribution in [1.82, 2.24) is 0 Å². The summed E-state index contributed by atoms with van der Waals surface area (Å²) in [5.74, 6) is 0.322. The summed E-state index contributed by atoms with van der Waals surface area (Å²) in [7, 11) is 2.24. The van der Waals surface area contributed by atoms with Gasteiger partial charge in [-0.25, -0.2) is 0 Å². The van der Waals surface area contributed by atoms with Gasteiger partial charge in [-0.2, -0.15) is 0 Å². The Labute approximate surface area is 115 Å². The van der Waals surface area contributed by atoms with Gasteiger partial charge in [0.25, 0.3) is 0 Å². The van der Waals surface area contributed by atoms with E-state index in [0.29, 0.717) is 5.92 Å². The summed E-state index contributed by atoms with van der Waals surface area (Å²) < 4.78 is 0. The lowest BCUT2D eigenvalue weighted by atomic mass is 9.29. The fraction of sp³-hybridized carbons (Fsp3) is 1.00. The van der Waals surface area contributed by atoms with Crippen LogP contribution < -0.4 is 0 Å². The van der Waals surface area contributed by atoms with Gasteiger partial charge in [-0.1, -0.05) is 61.8 Å². The molecule has 0 aromatic heterocycles. The Kier molecular flexibility index (Phi) is 3.37. The third-order valence-electron chi connectivity index (χ3n) is 7.96. The van der Waals surface area contributed by atoms with E-state index in [2.05, 4.69) is 70.2 Å². The fourth-order valence-corrected chi connectivity index (χ4v) is 4.70. The van der Waals surface area contributed by atoms with Crippen molar-refractivity contribution in [3.05, 3.63) is 0 Å². The lowest BCUT2D eigenvalue weighted by Gasteiger charge is -2.72. The van der Waals surface area contributed by atoms with Crippen LogP contribution in [0, 0.1) is 22.2 Å². The van der Waals surface area contributed by atoms with Crippen molar-refractivity contribution in [1.29, 1.82) is 0 Å². The van der Waals surface area contributed by atoms with Crippen LogP contribution in [-0.2, 0) is 0 Å². The second-order valence-electron chi connectivity index (χ2n) is 8.71. The van der Waals surface area contributed by atoms with Crippen molar-refractivity contribution in [2.45, 2.75) is 79.6 Å². The molecule has 2 heteroatoms. The summed E-state index contributed by atoms with van der Waals surface area (Å²) in [6, 6.07) is 0. The summed E-state index contributed by atoms with van der Waals surface area (Å²) in [5.41, 5.74) is -0.278. The molecule has 1 nitrogen and oxygen atoms in total. The van der Waals surface area contributed by atoms with E-state index in [-0.39, 0.29) is 21.6 Å². The summed E-state index contributed by atoms with van der Waals surface area (Å²) >= 11 is 0. The van der Waals surface area contributed by atoms with E-state index < -0.39 is 5.60 Å².